The summed E-state index contributed by atoms with van der Waals surface area (Å²) in [5.74, 6) is 2.85. The number of rotatable bonds is 9. The van der Waals surface area contributed by atoms with Crippen LogP contribution in [0.1, 0.15) is 80.3 Å². The van der Waals surface area contributed by atoms with E-state index in [9.17, 15) is 14.4 Å². The highest BCUT2D eigenvalue weighted by molar-refractivity contribution is 6.76. The number of nitrogens with one attached hydrogen (secondary N) is 1. The van der Waals surface area contributed by atoms with Crippen molar-refractivity contribution >= 4 is 37.2 Å². The van der Waals surface area contributed by atoms with E-state index < -0.39 is 19.6 Å². The van der Waals surface area contributed by atoms with Crippen LogP contribution < -0.4 is 11.1 Å². The molecule has 1 saturated heterocycles. The third-order valence-electron chi connectivity index (χ3n) is 8.26. The van der Waals surface area contributed by atoms with Crippen molar-refractivity contribution in [1.82, 2.24) is 19.4 Å². The number of nitrogens with zero attached hydrogens (tertiary/aromatic N) is 4. The van der Waals surface area contributed by atoms with Gasteiger partial charge in [0.2, 0.25) is 11.7 Å². The SMILES string of the molecule is CC(=O)N1CCC(c2ccc(NC(=O)c3nc(C#CN)cn3COCC[Si](C)(C)C)c(C3=CCCN(C(=O)OC(C)(C)C)C3)c2)CC1. The average molecular weight is 663 g/mol. The maximum absolute atomic E-state index is 13.8. The van der Waals surface area contributed by atoms with Gasteiger partial charge >= 0.3 is 6.09 Å². The summed E-state index contributed by atoms with van der Waals surface area (Å²) in [6.07, 6.45) is 5.79. The number of ether oxygens (including phenoxy) is 2. The lowest BCUT2D eigenvalue weighted by Gasteiger charge is -2.33. The molecule has 0 bridgehead atoms. The smallest absolute Gasteiger partial charge is 0.410 e. The molecule has 11 nitrogen and oxygen atoms in total. The lowest BCUT2D eigenvalue weighted by molar-refractivity contribution is -0.129. The normalized spacial score (nSPS) is 15.9. The van der Waals surface area contributed by atoms with Crippen LogP contribution in [0.4, 0.5) is 10.5 Å². The summed E-state index contributed by atoms with van der Waals surface area (Å²) in [7, 11) is -1.29. The van der Waals surface area contributed by atoms with Crippen molar-refractivity contribution in [3.63, 3.8) is 0 Å². The van der Waals surface area contributed by atoms with Gasteiger partial charge in [0.25, 0.3) is 5.91 Å². The molecule has 1 aromatic carbocycles. The van der Waals surface area contributed by atoms with Gasteiger partial charge in [0, 0.05) is 71.3 Å². The van der Waals surface area contributed by atoms with E-state index in [4.69, 9.17) is 15.2 Å². The molecular weight excluding hydrogens is 613 g/mol. The van der Waals surface area contributed by atoms with Crippen molar-refractivity contribution in [1.29, 1.82) is 0 Å². The number of hydrogen-bond donors (Lipinski definition) is 2. The van der Waals surface area contributed by atoms with Crippen LogP contribution in [0, 0.1) is 12.0 Å². The topological polar surface area (TPSA) is 132 Å². The fourth-order valence-electron chi connectivity index (χ4n) is 5.69. The Labute approximate surface area is 279 Å². The molecule has 47 heavy (non-hydrogen) atoms. The number of hydrogen-bond acceptors (Lipinski definition) is 7. The lowest BCUT2D eigenvalue weighted by atomic mass is 9.86. The minimum atomic E-state index is -1.29. The van der Waals surface area contributed by atoms with E-state index in [1.54, 1.807) is 22.6 Å². The van der Waals surface area contributed by atoms with Crippen molar-refractivity contribution < 1.29 is 23.9 Å². The van der Waals surface area contributed by atoms with E-state index in [0.29, 0.717) is 50.6 Å². The summed E-state index contributed by atoms with van der Waals surface area (Å²) in [5.41, 5.74) is 8.73. The van der Waals surface area contributed by atoms with Crippen molar-refractivity contribution in [2.45, 2.75) is 90.9 Å². The lowest BCUT2D eigenvalue weighted by Crippen LogP contribution is -2.39. The van der Waals surface area contributed by atoms with E-state index >= 15 is 0 Å². The average Bonchev–Trinajstić information content (AvgIpc) is 3.41. The van der Waals surface area contributed by atoms with Gasteiger partial charge in [0.05, 0.1) is 0 Å². The molecule has 0 radical (unpaired) electrons. The Bertz CT molecular complexity index is 1550. The molecule has 3 heterocycles. The first-order valence-corrected chi connectivity index (χ1v) is 20.1. The Balaban J connectivity index is 1.62. The van der Waals surface area contributed by atoms with E-state index in [-0.39, 0.29) is 30.5 Å². The van der Waals surface area contributed by atoms with Gasteiger partial charge in [-0.2, -0.15) is 0 Å². The predicted octanol–water partition coefficient (Wildman–Crippen LogP) is 5.47. The van der Waals surface area contributed by atoms with Gasteiger partial charge in [0.15, 0.2) is 0 Å². The third-order valence-corrected chi connectivity index (χ3v) is 9.96. The second kappa shape index (κ2) is 15.2. The molecule has 4 rings (SSSR count). The molecule has 1 fully saturated rings. The zero-order chi connectivity index (χ0) is 34.4. The van der Waals surface area contributed by atoms with Gasteiger partial charge in [-0.15, -0.1) is 0 Å². The predicted molar refractivity (Wildman–Crippen MR) is 186 cm³/mol. The largest absolute Gasteiger partial charge is 0.444 e. The Morgan fingerprint density at radius 1 is 1.11 bits per heavy atom. The highest BCUT2D eigenvalue weighted by Gasteiger charge is 2.28. The molecule has 0 aliphatic carbocycles. The monoisotopic (exact) mass is 662 g/mol. The summed E-state index contributed by atoms with van der Waals surface area (Å²) in [5, 5.41) is 3.09. The quantitative estimate of drug-likeness (QED) is 0.158. The number of imidazole rings is 1. The van der Waals surface area contributed by atoms with E-state index in [1.807, 2.05) is 37.8 Å². The van der Waals surface area contributed by atoms with E-state index in [2.05, 4.69) is 54.0 Å². The summed E-state index contributed by atoms with van der Waals surface area (Å²) >= 11 is 0. The zero-order valence-corrected chi connectivity index (χ0v) is 29.9. The van der Waals surface area contributed by atoms with Gasteiger partial charge in [-0.05, 0) is 81.2 Å². The standard InChI is InChI=1S/C35H50N6O5Si/c1-25(42)39-17-13-26(14-18-39)27-10-11-31(30(21-27)28-9-8-16-40(22-28)34(44)46-35(2,3)4)38-33(43)32-37-29(12-15-36)23-41(32)24-45-19-20-47(5,6)7/h9-11,21,23,26H,8,13-14,16-20,22,24,36H2,1-7H3,(H,38,43). The van der Waals surface area contributed by atoms with Gasteiger partial charge < -0.3 is 34.9 Å². The summed E-state index contributed by atoms with van der Waals surface area (Å²) < 4.78 is 13.3. The fourth-order valence-corrected chi connectivity index (χ4v) is 6.45. The molecule has 0 unspecified atom stereocenters. The molecule has 1 aromatic heterocycles. The van der Waals surface area contributed by atoms with Crippen molar-refractivity contribution in [3.8, 4) is 12.0 Å². The van der Waals surface area contributed by atoms with Crippen LogP contribution in [0.3, 0.4) is 0 Å². The summed E-state index contributed by atoms with van der Waals surface area (Å²) in [4.78, 5) is 46.8. The third kappa shape index (κ3) is 10.2. The maximum Gasteiger partial charge on any atom is 0.410 e. The molecule has 0 saturated carbocycles. The summed E-state index contributed by atoms with van der Waals surface area (Å²) in [6.45, 7) is 17.1. The second-order valence-corrected chi connectivity index (χ2v) is 20.1. The van der Waals surface area contributed by atoms with E-state index in [0.717, 1.165) is 35.6 Å². The first kappa shape index (κ1) is 35.8. The number of anilines is 1. The molecule has 254 valence electrons. The molecule has 3 N–H and O–H groups in total. The number of carbonyl (C=O) groups excluding carboxylic acids is 3. The van der Waals surface area contributed by atoms with Crippen LogP contribution in [0.5, 0.6) is 0 Å². The molecule has 2 aliphatic heterocycles. The van der Waals surface area contributed by atoms with Gasteiger partial charge in [-0.3, -0.25) is 9.59 Å². The van der Waals surface area contributed by atoms with E-state index in [1.165, 1.54) is 0 Å². The zero-order valence-electron chi connectivity index (χ0n) is 28.9. The highest BCUT2D eigenvalue weighted by Crippen LogP contribution is 2.35. The van der Waals surface area contributed by atoms with Gasteiger partial charge in [0.1, 0.15) is 18.0 Å². The first-order chi connectivity index (χ1) is 22.1. The second-order valence-electron chi connectivity index (χ2n) is 14.5. The minimum absolute atomic E-state index is 0.0946. The number of carbonyl (C=O) groups is 3. The Morgan fingerprint density at radius 2 is 1.83 bits per heavy atom. The van der Waals surface area contributed by atoms with Crippen LogP contribution in [0.15, 0.2) is 30.5 Å². The van der Waals surface area contributed by atoms with Gasteiger partial charge in [-0.25, -0.2) is 9.78 Å². The number of nitrogens with two attached hydrogens (primary N) is 1. The molecule has 0 spiro atoms. The van der Waals surface area contributed by atoms with Crippen molar-refractivity contribution in [2.24, 2.45) is 5.73 Å². The minimum Gasteiger partial charge on any atom is -0.444 e. The van der Waals surface area contributed by atoms with Crippen LogP contribution in [0.25, 0.3) is 5.57 Å². The molecule has 12 heteroatoms. The van der Waals surface area contributed by atoms with Crippen LogP contribution in [-0.4, -0.2) is 83.7 Å². The highest BCUT2D eigenvalue weighted by atomic mass is 28.3. The molecule has 2 aliphatic rings. The Hall–Kier alpha value is -4.08. The van der Waals surface area contributed by atoms with Crippen LogP contribution >= 0.6 is 0 Å². The fraction of sp³-hybridized carbons (Fsp3) is 0.543. The number of likely N-dealkylation sites (tertiary alicyclic amines) is 1. The summed E-state index contributed by atoms with van der Waals surface area (Å²) in [6, 6.07) is 9.44. The molecule has 0 atom stereocenters. The Kier molecular flexibility index (Phi) is 11.6. The maximum atomic E-state index is 13.8. The van der Waals surface area contributed by atoms with Crippen molar-refractivity contribution in [3.05, 3.63) is 53.1 Å². The number of amides is 3. The molecular formula is C35H50N6O5Si. The Morgan fingerprint density at radius 3 is 2.47 bits per heavy atom. The number of benzene rings is 1. The molecule has 2 aromatic rings. The van der Waals surface area contributed by atoms with Gasteiger partial charge in [-0.1, -0.05) is 31.8 Å². The molecule has 3 amide bonds. The number of piperidine rings is 1. The number of aromatic nitrogens is 2. The van der Waals surface area contributed by atoms with Crippen LogP contribution in [0.2, 0.25) is 25.7 Å². The van der Waals surface area contributed by atoms with Crippen molar-refractivity contribution in [2.75, 3.05) is 38.1 Å². The van der Waals surface area contributed by atoms with Crippen LogP contribution in [-0.2, 0) is 21.0 Å². The first-order valence-electron chi connectivity index (χ1n) is 16.4.